The van der Waals surface area contributed by atoms with Gasteiger partial charge in [-0.3, -0.25) is 4.79 Å². The van der Waals surface area contributed by atoms with E-state index in [9.17, 15) is 13.2 Å². The van der Waals surface area contributed by atoms with Gasteiger partial charge in [0.25, 0.3) is 0 Å². The van der Waals surface area contributed by atoms with Gasteiger partial charge in [-0.2, -0.15) is 4.31 Å². The quantitative estimate of drug-likeness (QED) is 0.679. The molecule has 1 rings (SSSR count). The van der Waals surface area contributed by atoms with Crippen molar-refractivity contribution in [2.24, 2.45) is 5.92 Å². The van der Waals surface area contributed by atoms with Crippen molar-refractivity contribution in [3.63, 3.8) is 0 Å². The lowest BCUT2D eigenvalue weighted by molar-refractivity contribution is -0.141. The van der Waals surface area contributed by atoms with Crippen LogP contribution in [0.25, 0.3) is 0 Å². The van der Waals surface area contributed by atoms with Gasteiger partial charge in [0, 0.05) is 13.0 Å². The summed E-state index contributed by atoms with van der Waals surface area (Å²) in [6.45, 7) is 2.01. The number of carboxylic acids is 1. The monoisotopic (exact) mass is 231 g/mol. The first kappa shape index (κ1) is 12.0. The van der Waals surface area contributed by atoms with Crippen molar-refractivity contribution in [2.75, 3.05) is 12.3 Å². The molecule has 6 heteroatoms. The minimum absolute atomic E-state index is 0.00134. The smallest absolute Gasteiger partial charge is 0.323 e. The molecule has 0 amide bonds. The second-order valence-corrected chi connectivity index (χ2v) is 5.68. The number of sulfonamides is 1. The lowest BCUT2D eigenvalue weighted by Gasteiger charge is -2.20. The van der Waals surface area contributed by atoms with Crippen LogP contribution < -0.4 is 0 Å². The maximum absolute atomic E-state index is 11.6. The lowest BCUT2D eigenvalue weighted by Crippen LogP contribution is -2.42. The van der Waals surface area contributed by atoms with Crippen LogP contribution in [0, 0.1) is 18.3 Å². The number of hydrogen-bond acceptors (Lipinski definition) is 3. The molecule has 0 aromatic carbocycles. The average Bonchev–Trinajstić information content (AvgIpc) is 2.34. The number of rotatable bonds is 3. The van der Waals surface area contributed by atoms with Gasteiger partial charge in [0.1, 0.15) is 6.04 Å². The van der Waals surface area contributed by atoms with Crippen LogP contribution in [0.2, 0.25) is 0 Å². The highest BCUT2D eigenvalue weighted by atomic mass is 32.2. The third-order valence-corrected chi connectivity index (χ3v) is 4.40. The predicted molar refractivity (Wildman–Crippen MR) is 54.5 cm³/mol. The molecule has 1 heterocycles. The molecule has 2 unspecified atom stereocenters. The molecule has 0 radical (unpaired) electrons. The highest BCUT2D eigenvalue weighted by Crippen LogP contribution is 2.23. The van der Waals surface area contributed by atoms with E-state index in [1.807, 2.05) is 0 Å². The van der Waals surface area contributed by atoms with Gasteiger partial charge in [0.15, 0.2) is 0 Å². The number of carbonyl (C=O) groups is 1. The Morgan fingerprint density at radius 2 is 2.33 bits per heavy atom. The minimum atomic E-state index is -3.45. The molecule has 0 bridgehead atoms. The van der Waals surface area contributed by atoms with Crippen molar-refractivity contribution in [2.45, 2.75) is 19.4 Å². The summed E-state index contributed by atoms with van der Waals surface area (Å²) in [7, 11) is -3.45. The van der Waals surface area contributed by atoms with Crippen molar-refractivity contribution in [1.82, 2.24) is 4.31 Å². The maximum Gasteiger partial charge on any atom is 0.323 e. The van der Waals surface area contributed by atoms with Crippen molar-refractivity contribution >= 4 is 16.0 Å². The van der Waals surface area contributed by atoms with Crippen molar-refractivity contribution < 1.29 is 18.3 Å². The van der Waals surface area contributed by atoms with Crippen LogP contribution in [-0.2, 0) is 14.8 Å². The Labute approximate surface area is 89.1 Å². The Balaban J connectivity index is 2.95. The third kappa shape index (κ3) is 2.49. The third-order valence-electron chi connectivity index (χ3n) is 2.29. The molecule has 1 fully saturated rings. The maximum atomic E-state index is 11.6. The second-order valence-electron chi connectivity index (χ2n) is 3.72. The summed E-state index contributed by atoms with van der Waals surface area (Å²) in [6.07, 6.45) is 4.93. The molecule has 84 valence electrons. The van der Waals surface area contributed by atoms with Crippen LogP contribution in [-0.4, -0.2) is 42.1 Å². The first-order valence-corrected chi connectivity index (χ1v) is 6.15. The Hall–Kier alpha value is -1.06. The molecule has 2 atom stereocenters. The van der Waals surface area contributed by atoms with Crippen LogP contribution in [0.3, 0.4) is 0 Å². The Kier molecular flexibility index (Phi) is 3.37. The van der Waals surface area contributed by atoms with E-state index in [0.717, 1.165) is 4.31 Å². The molecule has 0 aromatic rings. The number of aliphatic carboxylic acids is 1. The zero-order chi connectivity index (χ0) is 11.6. The van der Waals surface area contributed by atoms with E-state index in [1.165, 1.54) is 0 Å². The van der Waals surface area contributed by atoms with Crippen molar-refractivity contribution in [3.05, 3.63) is 0 Å². The van der Waals surface area contributed by atoms with Gasteiger partial charge in [-0.15, -0.1) is 12.3 Å². The molecule has 1 aliphatic rings. The molecule has 0 saturated carbocycles. The number of hydrogen-bond donors (Lipinski definition) is 1. The van der Waals surface area contributed by atoms with Gasteiger partial charge in [0.05, 0.1) is 5.75 Å². The van der Waals surface area contributed by atoms with Gasteiger partial charge < -0.3 is 5.11 Å². The van der Waals surface area contributed by atoms with E-state index in [4.69, 9.17) is 11.5 Å². The normalized spacial score (nSPS) is 27.1. The largest absolute Gasteiger partial charge is 0.480 e. The van der Waals surface area contributed by atoms with E-state index in [0.29, 0.717) is 0 Å². The standard InChI is InChI=1S/C9H13NO4S/c1-3-4-8(9(11)12)10-5-7(2)6-15(10,13)14/h1,7-8H,4-6H2,2H3,(H,11,12). The molecule has 0 aromatic heterocycles. The summed E-state index contributed by atoms with van der Waals surface area (Å²) in [5, 5.41) is 8.88. The summed E-state index contributed by atoms with van der Waals surface area (Å²) in [4.78, 5) is 10.9. The van der Waals surface area contributed by atoms with E-state index in [1.54, 1.807) is 6.92 Å². The minimum Gasteiger partial charge on any atom is -0.480 e. The summed E-state index contributed by atoms with van der Waals surface area (Å²) >= 11 is 0. The topological polar surface area (TPSA) is 74.7 Å². The Morgan fingerprint density at radius 1 is 1.73 bits per heavy atom. The van der Waals surface area contributed by atoms with Crippen LogP contribution in [0.15, 0.2) is 0 Å². The Morgan fingerprint density at radius 3 is 2.67 bits per heavy atom. The van der Waals surface area contributed by atoms with Gasteiger partial charge >= 0.3 is 5.97 Å². The first-order chi connectivity index (χ1) is 6.88. The van der Waals surface area contributed by atoms with E-state index in [2.05, 4.69) is 5.92 Å². The average molecular weight is 231 g/mol. The fourth-order valence-corrected chi connectivity index (χ4v) is 3.72. The molecule has 0 aliphatic carbocycles. The van der Waals surface area contributed by atoms with Crippen molar-refractivity contribution in [1.29, 1.82) is 0 Å². The second kappa shape index (κ2) is 4.21. The fraction of sp³-hybridized carbons (Fsp3) is 0.667. The number of carboxylic acid groups (broad SMARTS) is 1. The van der Waals surface area contributed by atoms with Crippen LogP contribution in [0.1, 0.15) is 13.3 Å². The summed E-state index contributed by atoms with van der Waals surface area (Å²) < 4.78 is 24.2. The van der Waals surface area contributed by atoms with Gasteiger partial charge in [-0.25, -0.2) is 8.42 Å². The highest BCUT2D eigenvalue weighted by Gasteiger charge is 2.41. The first-order valence-electron chi connectivity index (χ1n) is 4.54. The van der Waals surface area contributed by atoms with E-state index in [-0.39, 0.29) is 24.6 Å². The zero-order valence-electron chi connectivity index (χ0n) is 8.38. The number of nitrogens with zero attached hydrogens (tertiary/aromatic N) is 1. The van der Waals surface area contributed by atoms with Crippen LogP contribution >= 0.6 is 0 Å². The molecular formula is C9H13NO4S. The van der Waals surface area contributed by atoms with Crippen LogP contribution in [0.5, 0.6) is 0 Å². The van der Waals surface area contributed by atoms with Crippen molar-refractivity contribution in [3.8, 4) is 12.3 Å². The molecule has 1 saturated heterocycles. The van der Waals surface area contributed by atoms with Gasteiger partial charge in [-0.05, 0) is 5.92 Å². The molecule has 0 spiro atoms. The zero-order valence-corrected chi connectivity index (χ0v) is 9.20. The highest BCUT2D eigenvalue weighted by molar-refractivity contribution is 7.89. The number of terminal acetylenes is 1. The van der Waals surface area contributed by atoms with Crippen LogP contribution in [0.4, 0.5) is 0 Å². The predicted octanol–water partition coefficient (Wildman–Crippen LogP) is -0.256. The van der Waals surface area contributed by atoms with E-state index < -0.39 is 22.0 Å². The molecule has 5 nitrogen and oxygen atoms in total. The van der Waals surface area contributed by atoms with E-state index >= 15 is 0 Å². The molecule has 1 N–H and O–H groups in total. The molecule has 15 heavy (non-hydrogen) atoms. The summed E-state index contributed by atoms with van der Waals surface area (Å²) in [5.41, 5.74) is 0. The fourth-order valence-electron chi connectivity index (χ4n) is 1.67. The van der Waals surface area contributed by atoms with Gasteiger partial charge in [-0.1, -0.05) is 6.92 Å². The molecule has 1 aliphatic heterocycles. The van der Waals surface area contributed by atoms with Gasteiger partial charge in [0.2, 0.25) is 10.0 Å². The Bertz CT molecular complexity index is 395. The summed E-state index contributed by atoms with van der Waals surface area (Å²) in [5.74, 6) is 0.957. The molecular weight excluding hydrogens is 218 g/mol. The SMILES string of the molecule is C#CCC(C(=O)O)N1CC(C)CS1(=O)=O. The lowest BCUT2D eigenvalue weighted by atomic mass is 10.1. The summed E-state index contributed by atoms with van der Waals surface area (Å²) in [6, 6.07) is -1.12.